The molecule has 0 saturated carbocycles. The molecule has 7 nitrogen and oxygen atoms in total. The van der Waals surface area contributed by atoms with Crippen LogP contribution in [0.2, 0.25) is 0 Å². The molecule has 0 aliphatic heterocycles. The molecule has 1 amide bonds. The number of ether oxygens (including phenoxy) is 2. The largest absolute Gasteiger partial charge is 0.451 e. The molecule has 0 saturated heterocycles. The van der Waals surface area contributed by atoms with Gasteiger partial charge in [0.25, 0.3) is 0 Å². The average molecular weight is 402 g/mol. The maximum atomic E-state index is 12.3. The van der Waals surface area contributed by atoms with E-state index in [1.807, 2.05) is 0 Å². The third-order valence-corrected chi connectivity index (χ3v) is 3.66. The topological polar surface area (TPSA) is 105 Å². The van der Waals surface area contributed by atoms with Gasteiger partial charge < -0.3 is 14.8 Å². The minimum Gasteiger partial charge on any atom is -0.451 e. The van der Waals surface area contributed by atoms with Gasteiger partial charge in [-0.15, -0.1) is 0 Å². The second kappa shape index (κ2) is 9.94. The van der Waals surface area contributed by atoms with Crippen LogP contribution in [0.25, 0.3) is 0 Å². The van der Waals surface area contributed by atoms with E-state index in [2.05, 4.69) is 10.1 Å². The van der Waals surface area contributed by atoms with Gasteiger partial charge in [0.1, 0.15) is 12.2 Å². The molecule has 29 heavy (non-hydrogen) atoms. The molecule has 2 aromatic rings. The number of carbonyl (C=O) groups excluding carboxylic acids is 3. The molecule has 0 aromatic heterocycles. The number of Topliss-reactive ketones (excluding diaryl/α,β-unsaturated/α-hetero) is 1. The van der Waals surface area contributed by atoms with Gasteiger partial charge in [0, 0.05) is 11.3 Å². The van der Waals surface area contributed by atoms with Gasteiger partial charge in [0.05, 0.1) is 11.6 Å². The van der Waals surface area contributed by atoms with Crippen LogP contribution in [0, 0.1) is 11.3 Å². The fourth-order valence-corrected chi connectivity index (χ4v) is 2.28. The third kappa shape index (κ3) is 6.39. The van der Waals surface area contributed by atoms with Crippen molar-refractivity contribution in [1.29, 1.82) is 5.26 Å². The number of nitrogens with zero attached hydrogens (tertiary/aromatic N) is 1. The minimum absolute atomic E-state index is 0.0943. The quantitative estimate of drug-likeness (QED) is 0.535. The highest BCUT2D eigenvalue weighted by Gasteiger charge is 2.20. The first-order chi connectivity index (χ1) is 13.8. The normalized spacial score (nSPS) is 11.3. The summed E-state index contributed by atoms with van der Waals surface area (Å²) >= 11 is 0. The molecular formula is C20H16F2N2O5. The van der Waals surface area contributed by atoms with E-state index in [0.29, 0.717) is 5.69 Å². The van der Waals surface area contributed by atoms with E-state index in [1.54, 1.807) is 6.07 Å². The summed E-state index contributed by atoms with van der Waals surface area (Å²) in [6.07, 6.45) is -1.40. The number of nitrogens with one attached hydrogen (secondary N) is 1. The first-order valence-corrected chi connectivity index (χ1v) is 8.37. The van der Waals surface area contributed by atoms with Crippen LogP contribution in [0.4, 0.5) is 14.5 Å². The Morgan fingerprint density at radius 1 is 1.03 bits per heavy atom. The highest BCUT2D eigenvalue weighted by molar-refractivity contribution is 6.01. The lowest BCUT2D eigenvalue weighted by Crippen LogP contribution is -2.24. The monoisotopic (exact) mass is 402 g/mol. The molecule has 0 radical (unpaired) electrons. The van der Waals surface area contributed by atoms with Gasteiger partial charge in [-0.2, -0.15) is 14.0 Å². The molecule has 1 atom stereocenters. The van der Waals surface area contributed by atoms with Crippen molar-refractivity contribution in [2.45, 2.75) is 26.1 Å². The van der Waals surface area contributed by atoms with Crippen molar-refractivity contribution in [3.63, 3.8) is 0 Å². The summed E-state index contributed by atoms with van der Waals surface area (Å²) in [7, 11) is 0. The van der Waals surface area contributed by atoms with Crippen molar-refractivity contribution in [2.75, 3.05) is 5.32 Å². The summed E-state index contributed by atoms with van der Waals surface area (Å²) in [6.45, 7) is -1.58. The summed E-state index contributed by atoms with van der Waals surface area (Å²) in [5.74, 6) is -1.84. The lowest BCUT2D eigenvalue weighted by molar-refractivity contribution is -0.115. The van der Waals surface area contributed by atoms with E-state index in [9.17, 15) is 23.2 Å². The van der Waals surface area contributed by atoms with Crippen molar-refractivity contribution in [3.05, 3.63) is 59.7 Å². The number of benzene rings is 2. The maximum absolute atomic E-state index is 12.3. The van der Waals surface area contributed by atoms with Gasteiger partial charge in [-0.3, -0.25) is 9.59 Å². The van der Waals surface area contributed by atoms with Gasteiger partial charge in [-0.25, -0.2) is 4.79 Å². The maximum Gasteiger partial charge on any atom is 0.387 e. The lowest BCUT2D eigenvalue weighted by Gasteiger charge is -2.13. The number of amides is 1. The Balaban J connectivity index is 1.96. The number of anilines is 1. The zero-order valence-corrected chi connectivity index (χ0v) is 15.2. The zero-order chi connectivity index (χ0) is 21.4. The summed E-state index contributed by atoms with van der Waals surface area (Å²) in [5.41, 5.74) is 0.725. The van der Waals surface area contributed by atoms with Crippen LogP contribution in [-0.4, -0.2) is 30.4 Å². The first kappa shape index (κ1) is 21.5. The number of hydrogen-bond donors (Lipinski definition) is 1. The van der Waals surface area contributed by atoms with Crippen molar-refractivity contribution in [2.24, 2.45) is 0 Å². The molecule has 0 fully saturated rings. The van der Waals surface area contributed by atoms with Crippen LogP contribution in [0.15, 0.2) is 48.5 Å². The first-order valence-electron chi connectivity index (χ1n) is 8.37. The number of esters is 1. The van der Waals surface area contributed by atoms with Crippen LogP contribution in [-0.2, 0) is 9.53 Å². The molecular weight excluding hydrogens is 386 g/mol. The Bertz CT molecular complexity index is 921. The Labute approximate surface area is 164 Å². The van der Waals surface area contributed by atoms with E-state index in [-0.39, 0.29) is 23.3 Å². The predicted octanol–water partition coefficient (Wildman–Crippen LogP) is 3.57. The van der Waals surface area contributed by atoms with Crippen LogP contribution < -0.4 is 10.1 Å². The van der Waals surface area contributed by atoms with Gasteiger partial charge in [-0.05, 0) is 55.5 Å². The molecule has 0 aliphatic rings. The summed E-state index contributed by atoms with van der Waals surface area (Å²) in [6, 6.07) is 12.5. The van der Waals surface area contributed by atoms with Crippen molar-refractivity contribution < 1.29 is 32.6 Å². The van der Waals surface area contributed by atoms with Crippen LogP contribution in [0.1, 0.15) is 34.1 Å². The molecule has 0 aliphatic carbocycles. The lowest BCUT2D eigenvalue weighted by atomic mass is 10.1. The fraction of sp³-hybridized carbons (Fsp3) is 0.200. The van der Waals surface area contributed by atoms with Crippen molar-refractivity contribution >= 4 is 23.3 Å². The van der Waals surface area contributed by atoms with Gasteiger partial charge in [-0.1, -0.05) is 0 Å². The van der Waals surface area contributed by atoms with Gasteiger partial charge in [0.15, 0.2) is 6.10 Å². The molecule has 2 rings (SSSR count). The third-order valence-electron chi connectivity index (χ3n) is 3.66. The predicted molar refractivity (Wildman–Crippen MR) is 97.6 cm³/mol. The van der Waals surface area contributed by atoms with Crippen molar-refractivity contribution in [1.82, 2.24) is 0 Å². The Morgan fingerprint density at radius 2 is 1.62 bits per heavy atom. The molecule has 0 spiro atoms. The zero-order valence-electron chi connectivity index (χ0n) is 15.2. The highest BCUT2D eigenvalue weighted by Crippen LogP contribution is 2.17. The van der Waals surface area contributed by atoms with Crippen molar-refractivity contribution in [3.8, 4) is 11.8 Å². The number of ketones is 1. The minimum atomic E-state index is -2.97. The SMILES string of the molecule is C[C@@H](OC(=O)c1ccc(NC(=O)CC#N)cc1)C(=O)c1ccc(OC(F)F)cc1. The molecule has 2 aromatic carbocycles. The average Bonchev–Trinajstić information content (AvgIpc) is 2.68. The fourth-order valence-electron chi connectivity index (χ4n) is 2.28. The number of alkyl halides is 2. The summed E-state index contributed by atoms with van der Waals surface area (Å²) in [4.78, 5) is 35.9. The number of halogens is 2. The molecule has 1 N–H and O–H groups in total. The smallest absolute Gasteiger partial charge is 0.387 e. The Morgan fingerprint density at radius 3 is 2.17 bits per heavy atom. The molecule has 150 valence electrons. The summed E-state index contributed by atoms with van der Waals surface area (Å²) < 4.78 is 33.7. The Kier molecular flexibility index (Phi) is 7.37. The van der Waals surface area contributed by atoms with E-state index < -0.39 is 30.4 Å². The second-order valence-corrected chi connectivity index (χ2v) is 5.78. The van der Waals surface area contributed by atoms with Gasteiger partial charge >= 0.3 is 12.6 Å². The van der Waals surface area contributed by atoms with Crippen LogP contribution in [0.3, 0.4) is 0 Å². The van der Waals surface area contributed by atoms with Crippen LogP contribution in [0.5, 0.6) is 5.75 Å². The molecule has 0 bridgehead atoms. The van der Waals surface area contributed by atoms with E-state index in [1.165, 1.54) is 55.5 Å². The van der Waals surface area contributed by atoms with E-state index in [4.69, 9.17) is 10.00 Å². The van der Waals surface area contributed by atoms with Gasteiger partial charge in [0.2, 0.25) is 11.7 Å². The number of carbonyl (C=O) groups is 3. The van der Waals surface area contributed by atoms with Crippen LogP contribution >= 0.6 is 0 Å². The summed E-state index contributed by atoms with van der Waals surface area (Å²) in [5, 5.41) is 10.9. The number of nitriles is 1. The standard InChI is InChI=1S/C20H16F2N2O5/c1-12(18(26)13-4-8-16(9-5-13)29-20(21)22)28-19(27)14-2-6-15(7-3-14)24-17(25)10-11-23/h2-9,12,20H,10H2,1H3,(H,24,25)/t12-/m1/s1. The highest BCUT2D eigenvalue weighted by atomic mass is 19.3. The van der Waals surface area contributed by atoms with E-state index >= 15 is 0 Å². The number of rotatable bonds is 8. The Hall–Kier alpha value is -3.80. The second-order valence-electron chi connectivity index (χ2n) is 5.78. The molecule has 0 heterocycles. The number of hydrogen-bond acceptors (Lipinski definition) is 6. The molecule has 0 unspecified atom stereocenters. The van der Waals surface area contributed by atoms with E-state index in [0.717, 1.165) is 0 Å². The molecule has 9 heteroatoms.